The molecule has 3 aromatic carbocycles. The van der Waals surface area contributed by atoms with E-state index in [1.54, 1.807) is 53.4 Å². The molecular formula is C30H25ClN4O4. The molecule has 0 aliphatic carbocycles. The van der Waals surface area contributed by atoms with Crippen molar-refractivity contribution in [1.29, 1.82) is 0 Å². The molecule has 9 heteroatoms. The first-order valence-electron chi connectivity index (χ1n) is 12.2. The first-order chi connectivity index (χ1) is 18.9. The molecule has 0 bridgehead atoms. The molecule has 5 rings (SSSR count). The van der Waals surface area contributed by atoms with E-state index in [0.29, 0.717) is 16.3 Å². The van der Waals surface area contributed by atoms with E-state index in [4.69, 9.17) is 21.4 Å². The van der Waals surface area contributed by atoms with Crippen LogP contribution < -0.4 is 5.32 Å². The number of carbonyl (C=O) groups is 2. The summed E-state index contributed by atoms with van der Waals surface area (Å²) in [4.78, 5) is 28.7. The summed E-state index contributed by atoms with van der Waals surface area (Å²) in [5.74, 6) is -0.869. The first kappa shape index (κ1) is 25.8. The van der Waals surface area contributed by atoms with E-state index in [9.17, 15) is 14.7 Å². The molecule has 0 saturated carbocycles. The maximum atomic E-state index is 13.0. The van der Waals surface area contributed by atoms with E-state index in [2.05, 4.69) is 10.3 Å². The lowest BCUT2D eigenvalue weighted by Gasteiger charge is -2.15. The minimum Gasteiger partial charge on any atom is -0.508 e. The number of rotatable bonds is 8. The average Bonchev–Trinajstić information content (AvgIpc) is 3.56. The zero-order valence-electron chi connectivity index (χ0n) is 21.0. The zero-order valence-corrected chi connectivity index (χ0v) is 21.7. The van der Waals surface area contributed by atoms with E-state index in [1.807, 2.05) is 42.6 Å². The summed E-state index contributed by atoms with van der Waals surface area (Å²) in [6.45, 7) is 0. The SMILES string of the molecule is COC(=O)[C@H](Cc1c[nH]c2ccccc12)NC(=O)/C=C\c1cn(-c2cccc(Cl)c2)nc1-c1ccc(O)cc1. The van der Waals surface area contributed by atoms with Crippen molar-refractivity contribution in [2.24, 2.45) is 0 Å². The topological polar surface area (TPSA) is 109 Å². The second-order valence-electron chi connectivity index (χ2n) is 8.89. The van der Waals surface area contributed by atoms with Crippen molar-refractivity contribution in [3.05, 3.63) is 107 Å². The van der Waals surface area contributed by atoms with Gasteiger partial charge in [-0.15, -0.1) is 0 Å². The standard InChI is InChI=1S/C30H25ClN4O4/c1-39-30(38)27(15-21-17-32-26-8-3-2-7-25(21)26)33-28(37)14-11-20-18-35(23-6-4-5-22(31)16-23)34-29(20)19-9-12-24(36)13-10-19/h2-14,16-18,27,32,36H,15H2,1H3,(H,33,37)/b14-11-/t27-/m0/s1. The highest BCUT2D eigenvalue weighted by atomic mass is 35.5. The fraction of sp³-hybridized carbons (Fsp3) is 0.100. The Labute approximate surface area is 229 Å². The van der Waals surface area contributed by atoms with Gasteiger partial charge in [-0.3, -0.25) is 4.79 Å². The number of phenols is 1. The van der Waals surface area contributed by atoms with Gasteiger partial charge in [0.05, 0.1) is 18.5 Å². The van der Waals surface area contributed by atoms with Crippen LogP contribution in [0.15, 0.2) is 91.3 Å². The number of hydrogen-bond acceptors (Lipinski definition) is 5. The summed E-state index contributed by atoms with van der Waals surface area (Å²) < 4.78 is 6.62. The van der Waals surface area contributed by atoms with Crippen LogP contribution in [0.3, 0.4) is 0 Å². The van der Waals surface area contributed by atoms with Crippen molar-refractivity contribution in [1.82, 2.24) is 20.1 Å². The number of fused-ring (bicyclic) bond motifs is 1. The van der Waals surface area contributed by atoms with Gasteiger partial charge in [0.2, 0.25) is 5.91 Å². The third-order valence-electron chi connectivity index (χ3n) is 6.27. The Balaban J connectivity index is 1.41. The molecule has 196 valence electrons. The molecule has 39 heavy (non-hydrogen) atoms. The van der Waals surface area contributed by atoms with Crippen molar-refractivity contribution in [3.8, 4) is 22.7 Å². The van der Waals surface area contributed by atoms with Crippen LogP contribution in [0.2, 0.25) is 5.02 Å². The summed E-state index contributed by atoms with van der Waals surface area (Å²) in [5.41, 5.74) is 4.59. The van der Waals surface area contributed by atoms with Crippen LogP contribution in [-0.4, -0.2) is 44.9 Å². The molecular weight excluding hydrogens is 516 g/mol. The maximum Gasteiger partial charge on any atom is 0.328 e. The minimum atomic E-state index is -0.878. The van der Waals surface area contributed by atoms with Crippen LogP contribution in [0.4, 0.5) is 0 Å². The van der Waals surface area contributed by atoms with E-state index in [-0.39, 0.29) is 12.2 Å². The molecule has 0 spiro atoms. The number of para-hydroxylation sites is 1. The van der Waals surface area contributed by atoms with Gasteiger partial charge >= 0.3 is 5.97 Å². The zero-order chi connectivity index (χ0) is 27.4. The minimum absolute atomic E-state index is 0.133. The van der Waals surface area contributed by atoms with Crippen molar-refractivity contribution in [2.75, 3.05) is 7.11 Å². The number of nitrogens with zero attached hydrogens (tertiary/aromatic N) is 2. The molecule has 8 nitrogen and oxygen atoms in total. The number of hydrogen-bond donors (Lipinski definition) is 3. The molecule has 2 heterocycles. The Kier molecular flexibility index (Phi) is 7.47. The molecule has 0 aliphatic rings. The van der Waals surface area contributed by atoms with Crippen LogP contribution in [0.5, 0.6) is 5.75 Å². The lowest BCUT2D eigenvalue weighted by Crippen LogP contribution is -2.42. The Morgan fingerprint density at radius 2 is 1.92 bits per heavy atom. The van der Waals surface area contributed by atoms with Crippen molar-refractivity contribution in [3.63, 3.8) is 0 Å². The van der Waals surface area contributed by atoms with Gasteiger partial charge in [0.1, 0.15) is 11.8 Å². The van der Waals surface area contributed by atoms with Crippen LogP contribution in [0.1, 0.15) is 11.1 Å². The number of phenolic OH excluding ortho intramolecular Hbond substituents is 1. The summed E-state index contributed by atoms with van der Waals surface area (Å²) in [7, 11) is 1.29. The number of nitrogens with one attached hydrogen (secondary N) is 2. The second kappa shape index (κ2) is 11.3. The number of benzene rings is 3. The lowest BCUT2D eigenvalue weighted by molar-refractivity contribution is -0.144. The summed E-state index contributed by atoms with van der Waals surface area (Å²) in [6, 6.07) is 20.7. The van der Waals surface area contributed by atoms with Gasteiger partial charge < -0.3 is 20.1 Å². The predicted molar refractivity (Wildman–Crippen MR) is 151 cm³/mol. The van der Waals surface area contributed by atoms with Crippen molar-refractivity contribution in [2.45, 2.75) is 12.5 Å². The number of aromatic nitrogens is 3. The molecule has 1 amide bonds. The van der Waals surface area contributed by atoms with Gasteiger partial charge in [0.15, 0.2) is 0 Å². The Bertz CT molecular complexity index is 1670. The van der Waals surface area contributed by atoms with Crippen molar-refractivity contribution >= 4 is 40.5 Å². The van der Waals surface area contributed by atoms with E-state index >= 15 is 0 Å². The Morgan fingerprint density at radius 1 is 1.13 bits per heavy atom. The van der Waals surface area contributed by atoms with Crippen LogP contribution in [-0.2, 0) is 20.7 Å². The number of halogens is 1. The van der Waals surface area contributed by atoms with Gasteiger partial charge in [-0.1, -0.05) is 35.9 Å². The van der Waals surface area contributed by atoms with Crippen LogP contribution in [0.25, 0.3) is 33.9 Å². The molecule has 0 aliphatic heterocycles. The fourth-order valence-corrected chi connectivity index (χ4v) is 4.53. The number of aromatic hydroxyl groups is 1. The first-order valence-corrected chi connectivity index (χ1v) is 12.6. The Morgan fingerprint density at radius 3 is 2.69 bits per heavy atom. The summed E-state index contributed by atoms with van der Waals surface area (Å²) in [6.07, 6.45) is 6.86. The number of ether oxygens (including phenoxy) is 1. The monoisotopic (exact) mass is 540 g/mol. The molecule has 0 saturated heterocycles. The molecule has 0 unspecified atom stereocenters. The average molecular weight is 541 g/mol. The molecule has 0 radical (unpaired) electrons. The van der Waals surface area contributed by atoms with E-state index in [0.717, 1.165) is 27.7 Å². The number of amides is 1. The highest BCUT2D eigenvalue weighted by Crippen LogP contribution is 2.27. The number of carbonyl (C=O) groups excluding carboxylic acids is 2. The highest BCUT2D eigenvalue weighted by molar-refractivity contribution is 6.30. The van der Waals surface area contributed by atoms with Gasteiger partial charge in [-0.25, -0.2) is 9.48 Å². The summed E-state index contributed by atoms with van der Waals surface area (Å²) in [5, 5.41) is 18.7. The predicted octanol–water partition coefficient (Wildman–Crippen LogP) is 5.29. The maximum absolute atomic E-state index is 13.0. The molecule has 0 fully saturated rings. The quantitative estimate of drug-likeness (QED) is 0.183. The van der Waals surface area contributed by atoms with E-state index in [1.165, 1.54) is 13.2 Å². The number of aromatic amines is 1. The van der Waals surface area contributed by atoms with Crippen LogP contribution >= 0.6 is 11.6 Å². The molecule has 3 N–H and O–H groups in total. The van der Waals surface area contributed by atoms with Crippen molar-refractivity contribution < 1.29 is 19.4 Å². The van der Waals surface area contributed by atoms with Gasteiger partial charge in [-0.05, 0) is 60.2 Å². The number of methoxy groups -OCH3 is 1. The highest BCUT2D eigenvalue weighted by Gasteiger charge is 2.23. The molecule has 2 aromatic heterocycles. The normalized spacial score (nSPS) is 12.1. The summed E-state index contributed by atoms with van der Waals surface area (Å²) >= 11 is 6.17. The Hall–Kier alpha value is -4.82. The number of esters is 1. The third kappa shape index (κ3) is 5.86. The van der Waals surface area contributed by atoms with Crippen LogP contribution in [0, 0.1) is 0 Å². The smallest absolute Gasteiger partial charge is 0.328 e. The fourth-order valence-electron chi connectivity index (χ4n) is 4.35. The lowest BCUT2D eigenvalue weighted by atomic mass is 10.0. The largest absolute Gasteiger partial charge is 0.508 e. The molecule has 1 atom stereocenters. The van der Waals surface area contributed by atoms with Gasteiger partial charge in [0, 0.05) is 51.9 Å². The third-order valence-corrected chi connectivity index (χ3v) is 6.51. The van der Waals surface area contributed by atoms with E-state index < -0.39 is 17.9 Å². The molecule has 5 aromatic rings. The van der Waals surface area contributed by atoms with Gasteiger partial charge in [-0.2, -0.15) is 5.10 Å². The second-order valence-corrected chi connectivity index (χ2v) is 9.32. The number of H-pyrrole nitrogens is 1. The van der Waals surface area contributed by atoms with Gasteiger partial charge in [0.25, 0.3) is 0 Å².